The minimum Gasteiger partial charge on any atom is -0.494 e. The molecular weight excluding hydrogens is 216 g/mol. The van der Waals surface area contributed by atoms with E-state index >= 15 is 0 Å². The number of hydrogen-bond acceptors (Lipinski definition) is 3. The molecule has 0 aliphatic heterocycles. The highest BCUT2D eigenvalue weighted by atomic mass is 16.5. The summed E-state index contributed by atoms with van der Waals surface area (Å²) < 4.78 is 10.7. The third kappa shape index (κ3) is 3.20. The molecule has 0 radical (unpaired) electrons. The van der Waals surface area contributed by atoms with Crippen LogP contribution in [-0.2, 0) is 11.2 Å². The number of aliphatic hydroxyl groups is 1. The van der Waals surface area contributed by atoms with Crippen molar-refractivity contribution in [1.29, 1.82) is 0 Å². The fraction of sp³-hybridized carbons (Fsp3) is 0.571. The SMILES string of the molecule is COCCCCOc1ccc2c(c1)CC[C@H]2O. The molecule has 0 unspecified atom stereocenters. The number of benzene rings is 1. The molecule has 0 saturated heterocycles. The van der Waals surface area contributed by atoms with Crippen molar-refractivity contribution in [2.24, 2.45) is 0 Å². The molecule has 1 aromatic rings. The summed E-state index contributed by atoms with van der Waals surface area (Å²) in [4.78, 5) is 0. The van der Waals surface area contributed by atoms with E-state index in [0.29, 0.717) is 0 Å². The minimum atomic E-state index is -0.277. The maximum absolute atomic E-state index is 9.69. The second-order valence-electron chi connectivity index (χ2n) is 4.46. The van der Waals surface area contributed by atoms with Gasteiger partial charge in [0.25, 0.3) is 0 Å². The average molecular weight is 236 g/mol. The van der Waals surface area contributed by atoms with Gasteiger partial charge in [0.1, 0.15) is 5.75 Å². The summed E-state index contributed by atoms with van der Waals surface area (Å²) in [6.45, 7) is 1.52. The van der Waals surface area contributed by atoms with Gasteiger partial charge in [-0.3, -0.25) is 0 Å². The average Bonchev–Trinajstić information content (AvgIpc) is 2.71. The molecule has 3 heteroatoms. The molecule has 0 fully saturated rings. The molecule has 0 aromatic heterocycles. The van der Waals surface area contributed by atoms with Gasteiger partial charge in [0.2, 0.25) is 0 Å². The summed E-state index contributed by atoms with van der Waals surface area (Å²) in [5.74, 6) is 0.912. The zero-order valence-corrected chi connectivity index (χ0v) is 10.3. The predicted molar refractivity (Wildman–Crippen MR) is 66.3 cm³/mol. The van der Waals surface area contributed by atoms with Crippen LogP contribution in [0, 0.1) is 0 Å². The number of methoxy groups -OCH3 is 1. The summed E-state index contributed by atoms with van der Waals surface area (Å²) in [6, 6.07) is 5.99. The van der Waals surface area contributed by atoms with E-state index in [1.54, 1.807) is 7.11 Å². The van der Waals surface area contributed by atoms with E-state index in [4.69, 9.17) is 9.47 Å². The van der Waals surface area contributed by atoms with Gasteiger partial charge in [0.15, 0.2) is 0 Å². The Bertz CT molecular complexity index is 362. The number of aliphatic hydroxyl groups excluding tert-OH is 1. The van der Waals surface area contributed by atoms with Crippen molar-refractivity contribution in [2.75, 3.05) is 20.3 Å². The van der Waals surface area contributed by atoms with Crippen LogP contribution in [0.25, 0.3) is 0 Å². The first kappa shape index (κ1) is 12.4. The van der Waals surface area contributed by atoms with E-state index in [9.17, 15) is 5.11 Å². The first-order valence-electron chi connectivity index (χ1n) is 6.24. The highest BCUT2D eigenvalue weighted by Crippen LogP contribution is 2.33. The Morgan fingerprint density at radius 1 is 1.29 bits per heavy atom. The highest BCUT2D eigenvalue weighted by Gasteiger charge is 2.20. The Morgan fingerprint density at radius 2 is 2.12 bits per heavy atom. The molecular formula is C14H20O3. The van der Waals surface area contributed by atoms with Crippen molar-refractivity contribution in [2.45, 2.75) is 31.8 Å². The van der Waals surface area contributed by atoms with Gasteiger partial charge in [-0.05, 0) is 48.9 Å². The number of aryl methyl sites for hydroxylation is 1. The fourth-order valence-corrected chi connectivity index (χ4v) is 2.20. The first-order valence-corrected chi connectivity index (χ1v) is 6.24. The first-order chi connectivity index (χ1) is 8.31. The Balaban J connectivity index is 1.82. The second kappa shape index (κ2) is 6.03. The standard InChI is InChI=1S/C14H20O3/c1-16-8-2-3-9-17-12-5-6-13-11(10-12)4-7-14(13)15/h5-6,10,14-15H,2-4,7-9H2,1H3/t14-/m1/s1. The van der Waals surface area contributed by atoms with Crippen molar-refractivity contribution in [3.8, 4) is 5.75 Å². The third-order valence-corrected chi connectivity index (χ3v) is 3.17. The summed E-state index contributed by atoms with van der Waals surface area (Å²) >= 11 is 0. The largest absolute Gasteiger partial charge is 0.494 e. The van der Waals surface area contributed by atoms with Crippen LogP contribution in [-0.4, -0.2) is 25.4 Å². The number of unbranched alkanes of at least 4 members (excludes halogenated alkanes) is 1. The van der Waals surface area contributed by atoms with Crippen LogP contribution < -0.4 is 4.74 Å². The normalized spacial score (nSPS) is 18.1. The lowest BCUT2D eigenvalue weighted by molar-refractivity contribution is 0.180. The molecule has 1 N–H and O–H groups in total. The van der Waals surface area contributed by atoms with Gasteiger partial charge in [-0.2, -0.15) is 0 Å². The molecule has 0 bridgehead atoms. The zero-order chi connectivity index (χ0) is 12.1. The van der Waals surface area contributed by atoms with Gasteiger partial charge < -0.3 is 14.6 Å². The van der Waals surface area contributed by atoms with E-state index in [0.717, 1.165) is 50.2 Å². The maximum atomic E-state index is 9.69. The molecule has 3 nitrogen and oxygen atoms in total. The van der Waals surface area contributed by atoms with Crippen LogP contribution >= 0.6 is 0 Å². The predicted octanol–water partition coefficient (Wildman–Crippen LogP) is 2.47. The summed E-state index contributed by atoms with van der Waals surface area (Å²) in [6.07, 6.45) is 3.55. The Kier molecular flexibility index (Phi) is 4.40. The summed E-state index contributed by atoms with van der Waals surface area (Å²) in [5.41, 5.74) is 2.30. The lowest BCUT2D eigenvalue weighted by Crippen LogP contribution is -2.00. The molecule has 94 valence electrons. The van der Waals surface area contributed by atoms with Gasteiger partial charge in [-0.15, -0.1) is 0 Å². The minimum absolute atomic E-state index is 0.277. The molecule has 0 spiro atoms. The molecule has 1 aromatic carbocycles. The van der Waals surface area contributed by atoms with Crippen molar-refractivity contribution in [3.63, 3.8) is 0 Å². The number of hydrogen-bond donors (Lipinski definition) is 1. The molecule has 0 heterocycles. The maximum Gasteiger partial charge on any atom is 0.119 e. The van der Waals surface area contributed by atoms with Gasteiger partial charge in [-0.1, -0.05) is 6.07 Å². The molecule has 0 amide bonds. The molecule has 1 atom stereocenters. The van der Waals surface area contributed by atoms with Crippen LogP contribution in [0.1, 0.15) is 36.5 Å². The van der Waals surface area contributed by atoms with Crippen LogP contribution in [0.2, 0.25) is 0 Å². The second-order valence-corrected chi connectivity index (χ2v) is 4.46. The number of rotatable bonds is 6. The Hall–Kier alpha value is -1.06. The van der Waals surface area contributed by atoms with Gasteiger partial charge in [0.05, 0.1) is 12.7 Å². The van der Waals surface area contributed by atoms with Gasteiger partial charge >= 0.3 is 0 Å². The summed E-state index contributed by atoms with van der Waals surface area (Å²) in [7, 11) is 1.71. The van der Waals surface area contributed by atoms with Crippen LogP contribution in [0.4, 0.5) is 0 Å². The van der Waals surface area contributed by atoms with Crippen LogP contribution in [0.3, 0.4) is 0 Å². The van der Waals surface area contributed by atoms with Crippen LogP contribution in [0.5, 0.6) is 5.75 Å². The summed E-state index contributed by atoms with van der Waals surface area (Å²) in [5, 5.41) is 9.69. The van der Waals surface area contributed by atoms with E-state index in [2.05, 4.69) is 6.07 Å². The topological polar surface area (TPSA) is 38.7 Å². The van der Waals surface area contributed by atoms with Crippen molar-refractivity contribution >= 4 is 0 Å². The quantitative estimate of drug-likeness (QED) is 0.771. The zero-order valence-electron chi connectivity index (χ0n) is 10.3. The monoisotopic (exact) mass is 236 g/mol. The van der Waals surface area contributed by atoms with E-state index in [1.165, 1.54) is 5.56 Å². The number of ether oxygens (including phenoxy) is 2. The molecule has 2 rings (SSSR count). The van der Waals surface area contributed by atoms with Gasteiger partial charge in [0, 0.05) is 13.7 Å². The fourth-order valence-electron chi connectivity index (χ4n) is 2.20. The lowest BCUT2D eigenvalue weighted by Gasteiger charge is -2.08. The molecule has 0 saturated carbocycles. The van der Waals surface area contributed by atoms with Crippen LogP contribution in [0.15, 0.2) is 18.2 Å². The number of fused-ring (bicyclic) bond motifs is 1. The molecule has 1 aliphatic carbocycles. The van der Waals surface area contributed by atoms with Gasteiger partial charge in [-0.25, -0.2) is 0 Å². The lowest BCUT2D eigenvalue weighted by atomic mass is 10.1. The highest BCUT2D eigenvalue weighted by molar-refractivity contribution is 5.39. The van der Waals surface area contributed by atoms with E-state index in [1.807, 2.05) is 12.1 Å². The molecule has 17 heavy (non-hydrogen) atoms. The van der Waals surface area contributed by atoms with E-state index in [-0.39, 0.29) is 6.10 Å². The van der Waals surface area contributed by atoms with Crippen molar-refractivity contribution in [3.05, 3.63) is 29.3 Å². The van der Waals surface area contributed by atoms with Crippen molar-refractivity contribution < 1.29 is 14.6 Å². The Labute approximate surface area is 102 Å². The van der Waals surface area contributed by atoms with E-state index < -0.39 is 0 Å². The smallest absolute Gasteiger partial charge is 0.119 e. The molecule has 1 aliphatic rings. The van der Waals surface area contributed by atoms with Crippen molar-refractivity contribution in [1.82, 2.24) is 0 Å². The Morgan fingerprint density at radius 3 is 2.94 bits per heavy atom. The third-order valence-electron chi connectivity index (χ3n) is 3.17.